The molecule has 1 rings (SSSR count). The van der Waals surface area contributed by atoms with E-state index in [0.29, 0.717) is 17.1 Å². The SMILES string of the molecule is COc1cccc(C(=O)O[Si](C)(C)C(C)(C)C)c1O[Si](C)(C)C(C)(C)C. The number of rotatable bonds is 5. The Morgan fingerprint density at radius 2 is 1.38 bits per heavy atom. The predicted octanol–water partition coefficient (Wildman–Crippen LogP) is 6.24. The summed E-state index contributed by atoms with van der Waals surface area (Å²) in [5, 5.41) is -0.0452. The highest BCUT2D eigenvalue weighted by atomic mass is 28.4. The molecule has 0 spiro atoms. The summed E-state index contributed by atoms with van der Waals surface area (Å²) in [5.41, 5.74) is 0.444. The van der Waals surface area contributed by atoms with Crippen LogP contribution < -0.4 is 9.16 Å². The Morgan fingerprint density at radius 1 is 0.885 bits per heavy atom. The van der Waals surface area contributed by atoms with Crippen molar-refractivity contribution in [1.29, 1.82) is 0 Å². The van der Waals surface area contributed by atoms with E-state index >= 15 is 0 Å². The Hall–Kier alpha value is -1.28. The highest BCUT2D eigenvalue weighted by Gasteiger charge is 2.43. The lowest BCUT2D eigenvalue weighted by Crippen LogP contribution is -2.45. The largest absolute Gasteiger partial charge is 0.540 e. The van der Waals surface area contributed by atoms with Crippen LogP contribution in [0.5, 0.6) is 11.5 Å². The number of ether oxygens (including phenoxy) is 1. The van der Waals surface area contributed by atoms with Crippen molar-refractivity contribution in [3.63, 3.8) is 0 Å². The molecule has 0 saturated heterocycles. The Kier molecular flexibility index (Phi) is 6.47. The van der Waals surface area contributed by atoms with Gasteiger partial charge in [0.1, 0.15) is 5.56 Å². The quantitative estimate of drug-likeness (QED) is 0.552. The van der Waals surface area contributed by atoms with Crippen LogP contribution >= 0.6 is 0 Å². The van der Waals surface area contributed by atoms with Crippen LogP contribution in [0.25, 0.3) is 0 Å². The summed E-state index contributed by atoms with van der Waals surface area (Å²) in [6.45, 7) is 21.3. The molecule has 0 bridgehead atoms. The molecule has 0 amide bonds. The molecule has 0 aromatic heterocycles. The van der Waals surface area contributed by atoms with Crippen molar-refractivity contribution in [2.75, 3.05) is 7.11 Å². The normalized spacial score (nSPS) is 13.3. The Labute approximate surface area is 161 Å². The molecule has 0 aliphatic heterocycles. The first-order chi connectivity index (χ1) is 11.5. The van der Waals surface area contributed by atoms with Crippen LogP contribution in [-0.4, -0.2) is 29.7 Å². The maximum absolute atomic E-state index is 13.0. The first-order valence-corrected chi connectivity index (χ1v) is 14.9. The number of carbonyl (C=O) groups is 1. The van der Waals surface area contributed by atoms with Crippen molar-refractivity contribution in [2.45, 2.75) is 77.8 Å². The van der Waals surface area contributed by atoms with Gasteiger partial charge in [-0.25, -0.2) is 4.79 Å². The predicted molar refractivity (Wildman–Crippen MR) is 113 cm³/mol. The Morgan fingerprint density at radius 3 is 1.81 bits per heavy atom. The van der Waals surface area contributed by atoms with Gasteiger partial charge in [-0.05, 0) is 48.4 Å². The molecule has 1 aromatic rings. The minimum Gasteiger partial charge on any atom is -0.540 e. The van der Waals surface area contributed by atoms with Gasteiger partial charge in [0.25, 0.3) is 16.6 Å². The average molecular weight is 397 g/mol. The molecule has 148 valence electrons. The molecule has 4 nitrogen and oxygen atoms in total. The second-order valence-corrected chi connectivity index (χ2v) is 19.3. The van der Waals surface area contributed by atoms with E-state index < -0.39 is 16.6 Å². The van der Waals surface area contributed by atoms with Gasteiger partial charge in [0, 0.05) is 0 Å². The van der Waals surface area contributed by atoms with Crippen molar-refractivity contribution in [1.82, 2.24) is 0 Å². The van der Waals surface area contributed by atoms with Crippen LogP contribution in [0, 0.1) is 0 Å². The molecular formula is C20H36O4Si2. The third-order valence-electron chi connectivity index (χ3n) is 5.74. The van der Waals surface area contributed by atoms with E-state index in [1.807, 2.05) is 6.07 Å². The van der Waals surface area contributed by atoms with Crippen molar-refractivity contribution in [3.05, 3.63) is 23.8 Å². The summed E-state index contributed by atoms with van der Waals surface area (Å²) in [4.78, 5) is 13.0. The lowest BCUT2D eigenvalue weighted by Gasteiger charge is -2.38. The fraction of sp³-hybridized carbons (Fsp3) is 0.650. The van der Waals surface area contributed by atoms with Crippen LogP contribution in [-0.2, 0) is 4.43 Å². The highest BCUT2D eigenvalue weighted by Crippen LogP contribution is 2.43. The van der Waals surface area contributed by atoms with Gasteiger partial charge >= 0.3 is 5.97 Å². The molecule has 26 heavy (non-hydrogen) atoms. The molecule has 0 fully saturated rings. The number of benzene rings is 1. The smallest absolute Gasteiger partial charge is 0.328 e. The van der Waals surface area contributed by atoms with Crippen LogP contribution in [0.4, 0.5) is 0 Å². The highest BCUT2D eigenvalue weighted by molar-refractivity contribution is 6.76. The van der Waals surface area contributed by atoms with Gasteiger partial charge in [-0.15, -0.1) is 0 Å². The average Bonchev–Trinajstić information content (AvgIpc) is 2.44. The number of carbonyl (C=O) groups excluding carboxylic acids is 1. The van der Waals surface area contributed by atoms with Crippen LogP contribution in [0.15, 0.2) is 18.2 Å². The standard InChI is InChI=1S/C20H36O4Si2/c1-19(2,3)25(8,9)23-17-15(13-12-14-16(17)22-7)18(21)24-26(10,11)20(4,5)6/h12-14H,1-11H3. The fourth-order valence-corrected chi connectivity index (χ4v) is 3.70. The third-order valence-corrected chi connectivity index (χ3v) is 14.4. The third kappa shape index (κ3) is 4.91. The molecule has 0 radical (unpaired) electrons. The number of hydrogen-bond acceptors (Lipinski definition) is 4. The van der Waals surface area contributed by atoms with E-state index in [4.69, 9.17) is 13.6 Å². The van der Waals surface area contributed by atoms with Crippen molar-refractivity contribution in [2.24, 2.45) is 0 Å². The maximum atomic E-state index is 13.0. The monoisotopic (exact) mass is 396 g/mol. The van der Waals surface area contributed by atoms with E-state index in [-0.39, 0.29) is 16.0 Å². The maximum Gasteiger partial charge on any atom is 0.328 e. The molecule has 0 N–H and O–H groups in total. The Balaban J connectivity index is 3.35. The number of hydrogen-bond donors (Lipinski definition) is 0. The lowest BCUT2D eigenvalue weighted by molar-refractivity contribution is 0.0710. The van der Waals surface area contributed by atoms with E-state index in [0.717, 1.165) is 0 Å². The molecule has 0 unspecified atom stereocenters. The molecule has 0 aliphatic rings. The zero-order valence-electron chi connectivity index (χ0n) is 18.4. The first kappa shape index (κ1) is 22.8. The summed E-state index contributed by atoms with van der Waals surface area (Å²) in [6, 6.07) is 5.39. The van der Waals surface area contributed by atoms with E-state index in [1.54, 1.807) is 19.2 Å². The summed E-state index contributed by atoms with van der Waals surface area (Å²) in [5.74, 6) is 0.744. The van der Waals surface area contributed by atoms with Gasteiger partial charge in [0.2, 0.25) is 0 Å². The summed E-state index contributed by atoms with van der Waals surface area (Å²) in [6.07, 6.45) is 0. The van der Waals surface area contributed by atoms with Gasteiger partial charge < -0.3 is 13.6 Å². The number of methoxy groups -OCH3 is 1. The van der Waals surface area contributed by atoms with Crippen molar-refractivity contribution in [3.8, 4) is 11.5 Å². The molecule has 0 saturated carbocycles. The molecular weight excluding hydrogens is 360 g/mol. The van der Waals surface area contributed by atoms with Gasteiger partial charge in [0.05, 0.1) is 7.11 Å². The second-order valence-electron chi connectivity index (χ2n) is 9.85. The van der Waals surface area contributed by atoms with E-state index in [1.165, 1.54) is 0 Å². The van der Waals surface area contributed by atoms with Gasteiger partial charge in [-0.1, -0.05) is 47.6 Å². The second kappa shape index (κ2) is 7.39. The zero-order chi connectivity index (χ0) is 20.6. The summed E-state index contributed by atoms with van der Waals surface area (Å²) < 4.78 is 18.0. The van der Waals surface area contributed by atoms with Gasteiger partial charge in [0.15, 0.2) is 11.5 Å². The minimum absolute atomic E-state index is 0.00839. The zero-order valence-corrected chi connectivity index (χ0v) is 20.4. The van der Waals surface area contributed by atoms with Gasteiger partial charge in [-0.3, -0.25) is 0 Å². The minimum atomic E-state index is -2.23. The number of para-hydroxylation sites is 1. The lowest BCUT2D eigenvalue weighted by atomic mass is 10.2. The molecule has 6 heteroatoms. The van der Waals surface area contributed by atoms with Gasteiger partial charge in [-0.2, -0.15) is 0 Å². The fourth-order valence-electron chi connectivity index (χ4n) is 1.79. The molecule has 0 aliphatic carbocycles. The van der Waals surface area contributed by atoms with E-state index in [9.17, 15) is 4.79 Å². The van der Waals surface area contributed by atoms with Crippen LogP contribution in [0.2, 0.25) is 36.3 Å². The van der Waals surface area contributed by atoms with Crippen LogP contribution in [0.3, 0.4) is 0 Å². The molecule has 0 heterocycles. The molecule has 1 aromatic carbocycles. The summed E-state index contributed by atoms with van der Waals surface area (Å²) in [7, 11) is -2.78. The molecule has 0 atom stereocenters. The van der Waals surface area contributed by atoms with Crippen molar-refractivity contribution >= 4 is 22.6 Å². The van der Waals surface area contributed by atoms with Crippen molar-refractivity contribution < 1.29 is 18.4 Å². The topological polar surface area (TPSA) is 44.8 Å². The summed E-state index contributed by atoms with van der Waals surface area (Å²) >= 11 is 0. The Bertz CT molecular complexity index is 653. The van der Waals surface area contributed by atoms with E-state index in [2.05, 4.69) is 67.7 Å². The van der Waals surface area contributed by atoms with Crippen LogP contribution in [0.1, 0.15) is 51.9 Å². The first-order valence-electron chi connectivity index (χ1n) is 9.13.